The number of carboxylic acid groups (broad SMARTS) is 1. The van der Waals surface area contributed by atoms with Gasteiger partial charge in [0.1, 0.15) is 11.5 Å². The van der Waals surface area contributed by atoms with Crippen LogP contribution in [-0.2, 0) is 0 Å². The van der Waals surface area contributed by atoms with Crippen molar-refractivity contribution in [2.24, 2.45) is 0 Å². The largest absolute Gasteiger partial charge is 0.478 e. The molecule has 1 aliphatic rings. The second kappa shape index (κ2) is 11.8. The number of rotatable bonds is 8. The molecule has 3 aromatic rings. The topological polar surface area (TPSA) is 53.0 Å². The molecule has 0 aliphatic carbocycles. The Balaban J connectivity index is 0.00000167. The predicted octanol–water partition coefficient (Wildman–Crippen LogP) is 7.39. The lowest BCUT2D eigenvalue weighted by molar-refractivity contribution is 0.0695. The van der Waals surface area contributed by atoms with Gasteiger partial charge in [-0.25, -0.2) is 4.79 Å². The Hall–Kier alpha value is -3.47. The number of nitrogens with zero attached hydrogens (tertiary/aromatic N) is 2. The van der Waals surface area contributed by atoms with Gasteiger partial charge in [-0.15, -0.1) is 0 Å². The van der Waals surface area contributed by atoms with Gasteiger partial charge in [-0.1, -0.05) is 44.2 Å². The summed E-state index contributed by atoms with van der Waals surface area (Å²) in [5.74, 6) is 0.440. The van der Waals surface area contributed by atoms with E-state index >= 15 is 0 Å². The summed E-state index contributed by atoms with van der Waals surface area (Å²) in [5, 5.41) is 9.91. The number of hydrogen-bond donors (Lipinski definition) is 1. The minimum absolute atomic E-state index is 0.215. The van der Waals surface area contributed by atoms with Crippen LogP contribution in [0.25, 0.3) is 0 Å². The predicted molar refractivity (Wildman–Crippen MR) is 146 cm³/mol. The van der Waals surface area contributed by atoms with E-state index in [9.17, 15) is 9.90 Å². The summed E-state index contributed by atoms with van der Waals surface area (Å²) in [4.78, 5) is 16.7. The maximum absolute atomic E-state index is 12.1. The molecule has 0 atom stereocenters. The van der Waals surface area contributed by atoms with Crippen molar-refractivity contribution in [1.29, 1.82) is 0 Å². The van der Waals surface area contributed by atoms with E-state index in [-0.39, 0.29) is 5.92 Å². The molecule has 1 aliphatic heterocycles. The van der Waals surface area contributed by atoms with Crippen molar-refractivity contribution in [3.8, 4) is 11.5 Å². The van der Waals surface area contributed by atoms with Crippen LogP contribution in [0.5, 0.6) is 11.5 Å². The molecular formula is C30H38N2O3. The summed E-state index contributed by atoms with van der Waals surface area (Å²) in [5.41, 5.74) is 5.29. The molecule has 5 heteroatoms. The Kier molecular flexibility index (Phi) is 8.80. The van der Waals surface area contributed by atoms with E-state index in [0.29, 0.717) is 5.56 Å². The van der Waals surface area contributed by atoms with Crippen molar-refractivity contribution in [1.82, 2.24) is 0 Å². The highest BCUT2D eigenvalue weighted by Crippen LogP contribution is 2.50. The van der Waals surface area contributed by atoms with Gasteiger partial charge < -0.3 is 19.6 Å². The van der Waals surface area contributed by atoms with Gasteiger partial charge in [0.2, 0.25) is 0 Å². The number of carbonyl (C=O) groups is 1. The van der Waals surface area contributed by atoms with Gasteiger partial charge >= 0.3 is 5.97 Å². The molecule has 0 spiro atoms. The highest BCUT2D eigenvalue weighted by molar-refractivity contribution is 5.90. The molecule has 0 bridgehead atoms. The van der Waals surface area contributed by atoms with Gasteiger partial charge in [0, 0.05) is 66.7 Å². The minimum atomic E-state index is -0.917. The smallest absolute Gasteiger partial charge is 0.335 e. The van der Waals surface area contributed by atoms with Crippen LogP contribution in [-0.4, -0.2) is 37.3 Å². The van der Waals surface area contributed by atoms with Gasteiger partial charge in [0.25, 0.3) is 0 Å². The molecule has 0 amide bonds. The summed E-state index contributed by atoms with van der Waals surface area (Å²) in [6, 6.07) is 19.9. The molecule has 0 aromatic heterocycles. The molecule has 0 saturated carbocycles. The highest BCUT2D eigenvalue weighted by Gasteiger charge is 2.32. The molecule has 0 saturated heterocycles. The molecule has 5 nitrogen and oxygen atoms in total. The van der Waals surface area contributed by atoms with E-state index in [0.717, 1.165) is 65.7 Å². The summed E-state index contributed by atoms with van der Waals surface area (Å²) >= 11 is 0. The molecule has 0 radical (unpaired) electrons. The molecule has 3 aromatic carbocycles. The van der Waals surface area contributed by atoms with Gasteiger partial charge in [0.15, 0.2) is 0 Å². The normalized spacial score (nSPS) is 11.9. The Bertz CT molecular complexity index is 1090. The van der Waals surface area contributed by atoms with Crippen LogP contribution >= 0.6 is 0 Å². The fraction of sp³-hybridized carbons (Fsp3) is 0.367. The quantitative estimate of drug-likeness (QED) is 0.288. The average Bonchev–Trinajstić information content (AvgIpc) is 2.89. The van der Waals surface area contributed by atoms with Gasteiger partial charge in [0.05, 0.1) is 5.56 Å². The van der Waals surface area contributed by atoms with Gasteiger partial charge in [-0.05, 0) is 51.5 Å². The van der Waals surface area contributed by atoms with E-state index in [1.165, 1.54) is 0 Å². The first kappa shape index (κ1) is 26.1. The summed E-state index contributed by atoms with van der Waals surface area (Å²) in [6.07, 6.45) is 0. The van der Waals surface area contributed by atoms with Gasteiger partial charge in [-0.3, -0.25) is 0 Å². The molecule has 186 valence electrons. The second-order valence-corrected chi connectivity index (χ2v) is 8.22. The number of anilines is 2. The number of carboxylic acids is 1. The minimum Gasteiger partial charge on any atom is -0.478 e. The lowest BCUT2D eigenvalue weighted by Gasteiger charge is -2.32. The maximum atomic E-state index is 12.1. The van der Waals surface area contributed by atoms with Crippen molar-refractivity contribution < 1.29 is 14.6 Å². The third-order valence-electron chi connectivity index (χ3n) is 6.60. The van der Waals surface area contributed by atoms with Crippen LogP contribution in [0.4, 0.5) is 11.4 Å². The zero-order valence-corrected chi connectivity index (χ0v) is 21.8. The molecule has 1 N–H and O–H groups in total. The van der Waals surface area contributed by atoms with Gasteiger partial charge in [-0.2, -0.15) is 0 Å². The van der Waals surface area contributed by atoms with Crippen LogP contribution in [0.15, 0.2) is 60.7 Å². The fourth-order valence-electron chi connectivity index (χ4n) is 4.84. The van der Waals surface area contributed by atoms with Crippen molar-refractivity contribution >= 4 is 17.3 Å². The van der Waals surface area contributed by atoms with Crippen LogP contribution in [0.3, 0.4) is 0 Å². The third-order valence-corrected chi connectivity index (χ3v) is 6.60. The zero-order valence-electron chi connectivity index (χ0n) is 21.8. The molecular weight excluding hydrogens is 436 g/mol. The first-order chi connectivity index (χ1) is 17.0. The summed E-state index contributed by atoms with van der Waals surface area (Å²) < 4.78 is 6.49. The highest BCUT2D eigenvalue weighted by atomic mass is 16.5. The lowest BCUT2D eigenvalue weighted by Crippen LogP contribution is -2.23. The monoisotopic (exact) mass is 474 g/mol. The number of fused-ring (bicyclic) bond motifs is 2. The first-order valence-electron chi connectivity index (χ1n) is 12.8. The van der Waals surface area contributed by atoms with Crippen molar-refractivity contribution in [3.05, 3.63) is 82.9 Å². The van der Waals surface area contributed by atoms with Crippen molar-refractivity contribution in [3.63, 3.8) is 0 Å². The molecule has 0 fully saturated rings. The molecule has 35 heavy (non-hydrogen) atoms. The Morgan fingerprint density at radius 3 is 1.63 bits per heavy atom. The van der Waals surface area contributed by atoms with Crippen LogP contribution in [0, 0.1) is 0 Å². The third kappa shape index (κ3) is 5.14. The van der Waals surface area contributed by atoms with E-state index in [4.69, 9.17) is 4.74 Å². The van der Waals surface area contributed by atoms with E-state index in [1.807, 2.05) is 26.0 Å². The van der Waals surface area contributed by atoms with Crippen LogP contribution in [0.1, 0.15) is 74.5 Å². The van der Waals surface area contributed by atoms with Crippen molar-refractivity contribution in [2.75, 3.05) is 36.0 Å². The molecule has 0 unspecified atom stereocenters. The SMILES string of the molecule is CC.CCN(CC)c1ccc2c(c1)Oc1cc(N(CC)CC)ccc1C2c1ccccc1C(=O)O. The zero-order chi connectivity index (χ0) is 25.5. The Morgan fingerprint density at radius 1 is 0.743 bits per heavy atom. The number of hydrogen-bond acceptors (Lipinski definition) is 4. The molecule has 1 heterocycles. The molecule has 4 rings (SSSR count). The number of ether oxygens (including phenoxy) is 1. The maximum Gasteiger partial charge on any atom is 0.335 e. The average molecular weight is 475 g/mol. The Morgan fingerprint density at radius 2 is 1.20 bits per heavy atom. The Labute approximate surface area is 210 Å². The second-order valence-electron chi connectivity index (χ2n) is 8.22. The lowest BCUT2D eigenvalue weighted by atomic mass is 9.80. The fourth-order valence-corrected chi connectivity index (χ4v) is 4.84. The van der Waals surface area contributed by atoms with E-state index in [2.05, 4.69) is 73.9 Å². The first-order valence-corrected chi connectivity index (χ1v) is 12.8. The summed E-state index contributed by atoms with van der Waals surface area (Å²) in [6.45, 7) is 16.2. The summed E-state index contributed by atoms with van der Waals surface area (Å²) in [7, 11) is 0. The standard InChI is InChI=1S/C28H32N2O3.C2H6/c1-5-29(6-2)19-13-15-23-25(17-19)33-26-18-20(30(7-3)8-4)14-16-24(26)27(23)21-11-9-10-12-22(21)28(31)32;1-2/h9-18,27H,5-8H2,1-4H3,(H,31,32);1-2H3. The van der Waals surface area contributed by atoms with Crippen molar-refractivity contribution in [2.45, 2.75) is 47.5 Å². The van der Waals surface area contributed by atoms with Crippen LogP contribution < -0.4 is 14.5 Å². The van der Waals surface area contributed by atoms with Crippen LogP contribution in [0.2, 0.25) is 0 Å². The van der Waals surface area contributed by atoms with E-state index in [1.54, 1.807) is 12.1 Å². The number of benzene rings is 3. The number of aromatic carboxylic acids is 1. The van der Waals surface area contributed by atoms with E-state index < -0.39 is 5.97 Å².